The summed E-state index contributed by atoms with van der Waals surface area (Å²) >= 11 is 0. The molecule has 1 aromatic carbocycles. The van der Waals surface area contributed by atoms with Crippen LogP contribution in [0.25, 0.3) is 0 Å². The number of hydrogen-bond donors (Lipinski definition) is 0. The number of benzene rings is 1. The Morgan fingerprint density at radius 1 is 1.24 bits per heavy atom. The zero-order valence-electron chi connectivity index (χ0n) is 18.9. The Kier molecular flexibility index (Phi) is 7.15. The summed E-state index contributed by atoms with van der Waals surface area (Å²) in [5.74, 6) is 0.864. The summed E-state index contributed by atoms with van der Waals surface area (Å²) in [5.41, 5.74) is 6.42. The van der Waals surface area contributed by atoms with Gasteiger partial charge in [0, 0.05) is 31.2 Å². The fraction of sp³-hybridized carbons (Fsp3) is 0.600. The van der Waals surface area contributed by atoms with Crippen LogP contribution >= 0.6 is 0 Å². The van der Waals surface area contributed by atoms with E-state index in [-0.39, 0.29) is 0 Å². The molecule has 0 fully saturated rings. The first-order chi connectivity index (χ1) is 13.9. The van der Waals surface area contributed by atoms with Crippen molar-refractivity contribution in [1.29, 1.82) is 0 Å². The summed E-state index contributed by atoms with van der Waals surface area (Å²) in [7, 11) is 0. The molecule has 1 aliphatic rings. The van der Waals surface area contributed by atoms with Crippen molar-refractivity contribution in [1.82, 2.24) is 14.7 Å². The van der Waals surface area contributed by atoms with Gasteiger partial charge >= 0.3 is 0 Å². The highest BCUT2D eigenvalue weighted by Gasteiger charge is 2.27. The lowest BCUT2D eigenvalue weighted by molar-refractivity contribution is -0.133. The Hall–Kier alpha value is -2.10. The van der Waals surface area contributed by atoms with E-state index in [1.807, 2.05) is 0 Å². The molecular formula is C25H37N3O. The van der Waals surface area contributed by atoms with E-state index in [1.165, 1.54) is 22.4 Å². The van der Waals surface area contributed by atoms with Crippen molar-refractivity contribution in [3.63, 3.8) is 0 Å². The zero-order valence-corrected chi connectivity index (χ0v) is 18.9. The van der Waals surface area contributed by atoms with E-state index in [0.717, 1.165) is 50.9 Å². The fourth-order valence-corrected chi connectivity index (χ4v) is 4.69. The van der Waals surface area contributed by atoms with Gasteiger partial charge in [0.25, 0.3) is 0 Å². The summed E-state index contributed by atoms with van der Waals surface area (Å²) in [6.45, 7) is 12.6. The molecule has 4 heteroatoms. The van der Waals surface area contributed by atoms with E-state index >= 15 is 0 Å². The van der Waals surface area contributed by atoms with E-state index in [4.69, 9.17) is 5.10 Å². The molecule has 0 radical (unpaired) electrons. The normalized spacial score (nSPS) is 16.1. The summed E-state index contributed by atoms with van der Waals surface area (Å²) in [6.07, 6.45) is 5.52. The first kappa shape index (κ1) is 21.6. The van der Waals surface area contributed by atoms with Gasteiger partial charge in [-0.1, -0.05) is 45.0 Å². The molecule has 0 spiro atoms. The highest BCUT2D eigenvalue weighted by molar-refractivity contribution is 5.77. The van der Waals surface area contributed by atoms with Crippen molar-refractivity contribution >= 4 is 5.91 Å². The Labute approximate surface area is 176 Å². The summed E-state index contributed by atoms with van der Waals surface area (Å²) in [4.78, 5) is 15.4. The van der Waals surface area contributed by atoms with Gasteiger partial charge in [-0.3, -0.25) is 9.48 Å². The van der Waals surface area contributed by atoms with Crippen molar-refractivity contribution in [2.45, 2.75) is 85.7 Å². The maximum Gasteiger partial charge on any atom is 0.223 e. The van der Waals surface area contributed by atoms with Crippen LogP contribution in [0.5, 0.6) is 0 Å². The van der Waals surface area contributed by atoms with Crippen molar-refractivity contribution < 1.29 is 4.79 Å². The topological polar surface area (TPSA) is 38.1 Å². The molecule has 29 heavy (non-hydrogen) atoms. The molecule has 158 valence electrons. The molecule has 0 saturated heterocycles. The quantitative estimate of drug-likeness (QED) is 0.638. The largest absolute Gasteiger partial charge is 0.339 e. The first-order valence-electron chi connectivity index (χ1n) is 11.3. The van der Waals surface area contributed by atoms with E-state index in [1.54, 1.807) is 0 Å². The van der Waals surface area contributed by atoms with Crippen LogP contribution in [0.1, 0.15) is 68.1 Å². The van der Waals surface area contributed by atoms with Crippen LogP contribution in [0.2, 0.25) is 0 Å². The van der Waals surface area contributed by atoms with Gasteiger partial charge in [0.1, 0.15) is 0 Å². The lowest BCUT2D eigenvalue weighted by atomic mass is 9.87. The third kappa shape index (κ3) is 5.09. The Bertz CT molecular complexity index is 837. The molecule has 1 aliphatic carbocycles. The number of rotatable bonds is 8. The number of hydrogen-bond acceptors (Lipinski definition) is 2. The van der Waals surface area contributed by atoms with Crippen molar-refractivity contribution in [2.75, 3.05) is 6.54 Å². The Morgan fingerprint density at radius 2 is 1.97 bits per heavy atom. The monoisotopic (exact) mass is 395 g/mol. The first-order valence-corrected chi connectivity index (χ1v) is 11.3. The second-order valence-corrected chi connectivity index (χ2v) is 8.98. The molecule has 3 rings (SSSR count). The number of amides is 1. The summed E-state index contributed by atoms with van der Waals surface area (Å²) < 4.78 is 2.11. The summed E-state index contributed by atoms with van der Waals surface area (Å²) in [6, 6.07) is 9.04. The predicted octanol–water partition coefficient (Wildman–Crippen LogP) is 4.88. The van der Waals surface area contributed by atoms with E-state index in [9.17, 15) is 4.79 Å². The SMILES string of the molecule is CCCN(C(=O)CCc1c(C)nn(CC(C)C)c1C)C1CCc2ccccc2C1. The molecule has 1 aromatic heterocycles. The highest BCUT2D eigenvalue weighted by atomic mass is 16.2. The van der Waals surface area contributed by atoms with Crippen LogP contribution in [0.15, 0.2) is 24.3 Å². The molecule has 1 unspecified atom stereocenters. The van der Waals surface area contributed by atoms with Gasteiger partial charge in [0.15, 0.2) is 0 Å². The van der Waals surface area contributed by atoms with E-state index < -0.39 is 0 Å². The molecule has 0 aliphatic heterocycles. The third-order valence-corrected chi connectivity index (χ3v) is 6.20. The van der Waals surface area contributed by atoms with E-state index in [2.05, 4.69) is 68.5 Å². The molecule has 1 heterocycles. The fourth-order valence-electron chi connectivity index (χ4n) is 4.69. The predicted molar refractivity (Wildman–Crippen MR) is 119 cm³/mol. The van der Waals surface area contributed by atoms with Gasteiger partial charge in [-0.05, 0) is 68.6 Å². The Balaban J connectivity index is 1.67. The van der Waals surface area contributed by atoms with Gasteiger partial charge in [-0.25, -0.2) is 0 Å². The van der Waals surface area contributed by atoms with Crippen LogP contribution in [0.4, 0.5) is 0 Å². The number of aryl methyl sites for hydroxylation is 2. The number of aromatic nitrogens is 2. The minimum absolute atomic E-state index is 0.298. The number of fused-ring (bicyclic) bond motifs is 1. The average Bonchev–Trinajstić information content (AvgIpc) is 2.96. The van der Waals surface area contributed by atoms with Crippen LogP contribution in [-0.2, 0) is 30.6 Å². The molecule has 1 amide bonds. The van der Waals surface area contributed by atoms with Crippen molar-refractivity contribution in [3.8, 4) is 0 Å². The maximum atomic E-state index is 13.2. The van der Waals surface area contributed by atoms with Gasteiger partial charge in [0.2, 0.25) is 5.91 Å². The van der Waals surface area contributed by atoms with Crippen LogP contribution < -0.4 is 0 Å². The smallest absolute Gasteiger partial charge is 0.223 e. The lowest BCUT2D eigenvalue weighted by Crippen LogP contribution is -2.44. The van der Waals surface area contributed by atoms with Gasteiger partial charge in [-0.15, -0.1) is 0 Å². The van der Waals surface area contributed by atoms with Crippen LogP contribution in [-0.4, -0.2) is 33.2 Å². The van der Waals surface area contributed by atoms with E-state index in [0.29, 0.717) is 24.3 Å². The van der Waals surface area contributed by atoms with Crippen LogP contribution in [0.3, 0.4) is 0 Å². The summed E-state index contributed by atoms with van der Waals surface area (Å²) in [5, 5.41) is 4.72. The Morgan fingerprint density at radius 3 is 2.66 bits per heavy atom. The minimum atomic E-state index is 0.298. The van der Waals surface area contributed by atoms with Crippen molar-refractivity contribution in [3.05, 3.63) is 52.3 Å². The average molecular weight is 396 g/mol. The second-order valence-electron chi connectivity index (χ2n) is 8.98. The molecule has 1 atom stereocenters. The zero-order chi connectivity index (χ0) is 21.0. The van der Waals surface area contributed by atoms with Gasteiger partial charge < -0.3 is 4.90 Å². The highest BCUT2D eigenvalue weighted by Crippen LogP contribution is 2.26. The number of carbonyl (C=O) groups is 1. The number of carbonyl (C=O) groups excluding carboxylic acids is 1. The molecule has 0 bridgehead atoms. The van der Waals surface area contributed by atoms with Gasteiger partial charge in [-0.2, -0.15) is 5.10 Å². The second kappa shape index (κ2) is 9.60. The lowest BCUT2D eigenvalue weighted by Gasteiger charge is -2.35. The molecule has 4 nitrogen and oxygen atoms in total. The minimum Gasteiger partial charge on any atom is -0.339 e. The molecule has 2 aromatic rings. The third-order valence-electron chi connectivity index (χ3n) is 6.20. The molecular weight excluding hydrogens is 358 g/mol. The number of nitrogens with zero attached hydrogens (tertiary/aromatic N) is 3. The standard InChI is InChI=1S/C25H37N3O/c1-6-15-27(23-12-11-21-9-7-8-10-22(21)16-23)25(29)14-13-24-19(4)26-28(20(24)5)17-18(2)3/h7-10,18,23H,6,11-17H2,1-5H3. The maximum absolute atomic E-state index is 13.2. The van der Waals surface area contributed by atoms with Gasteiger partial charge in [0.05, 0.1) is 5.69 Å². The van der Waals surface area contributed by atoms with Crippen LogP contribution in [0, 0.1) is 19.8 Å². The molecule has 0 saturated carbocycles. The van der Waals surface area contributed by atoms with Crippen molar-refractivity contribution in [2.24, 2.45) is 5.92 Å². The molecule has 0 N–H and O–H groups in total.